The average Bonchev–Trinajstić information content (AvgIpc) is 3.43. The van der Waals surface area contributed by atoms with Crippen LogP contribution in [0.1, 0.15) is 17.4 Å². The summed E-state index contributed by atoms with van der Waals surface area (Å²) in [6, 6.07) is 4.54. The molecule has 2 aromatic rings. The molecule has 1 atom stereocenters. The van der Waals surface area contributed by atoms with Gasteiger partial charge in [0, 0.05) is 38.5 Å². The molecule has 186 valence electrons. The van der Waals surface area contributed by atoms with Crippen LogP contribution >= 0.6 is 11.3 Å². The molecule has 2 saturated heterocycles. The fourth-order valence-electron chi connectivity index (χ4n) is 3.87. The van der Waals surface area contributed by atoms with Crippen molar-refractivity contribution in [2.24, 2.45) is 5.73 Å². The van der Waals surface area contributed by atoms with E-state index in [2.05, 4.69) is 15.6 Å². The number of carbonyl (C=O) groups is 3. The molecule has 0 spiro atoms. The first-order valence-corrected chi connectivity index (χ1v) is 11.7. The SMILES string of the molecule is CC(=O)NC[C@H]1CN(c2ccc(N3CCN(C(=O)c4csc(NC(=N)N)n4)CC3)c(F)c2)C(=O)O1. The molecule has 5 N–H and O–H groups in total. The number of aromatic nitrogens is 1. The quantitative estimate of drug-likeness (QED) is 0.335. The number of rotatable bonds is 6. The predicted octanol–water partition coefficient (Wildman–Crippen LogP) is 1.01. The molecule has 0 saturated carbocycles. The van der Waals surface area contributed by atoms with Gasteiger partial charge in [-0.05, 0) is 18.2 Å². The summed E-state index contributed by atoms with van der Waals surface area (Å²) in [6.45, 7) is 3.40. The first-order chi connectivity index (χ1) is 16.7. The Morgan fingerprint density at radius 3 is 2.71 bits per heavy atom. The highest BCUT2D eigenvalue weighted by molar-refractivity contribution is 7.14. The van der Waals surface area contributed by atoms with Crippen LogP contribution in [0.5, 0.6) is 0 Å². The van der Waals surface area contributed by atoms with Crippen molar-refractivity contribution in [2.45, 2.75) is 13.0 Å². The smallest absolute Gasteiger partial charge is 0.414 e. The number of cyclic esters (lactones) is 1. The van der Waals surface area contributed by atoms with Gasteiger partial charge in [0.15, 0.2) is 11.1 Å². The van der Waals surface area contributed by atoms with Crippen molar-refractivity contribution < 1.29 is 23.5 Å². The second-order valence-electron chi connectivity index (χ2n) is 8.04. The number of anilines is 3. The van der Waals surface area contributed by atoms with Crippen molar-refractivity contribution in [3.8, 4) is 0 Å². The lowest BCUT2D eigenvalue weighted by Crippen LogP contribution is -2.49. The van der Waals surface area contributed by atoms with E-state index in [0.29, 0.717) is 42.7 Å². The number of benzene rings is 1. The Hall–Kier alpha value is -3.94. The van der Waals surface area contributed by atoms with Crippen LogP contribution < -0.4 is 26.2 Å². The average molecular weight is 505 g/mol. The van der Waals surface area contributed by atoms with E-state index in [4.69, 9.17) is 15.9 Å². The van der Waals surface area contributed by atoms with Crippen LogP contribution in [0.3, 0.4) is 0 Å². The van der Waals surface area contributed by atoms with Gasteiger partial charge >= 0.3 is 6.09 Å². The molecule has 2 aliphatic heterocycles. The van der Waals surface area contributed by atoms with Crippen LogP contribution in [0.15, 0.2) is 23.6 Å². The van der Waals surface area contributed by atoms with Crippen LogP contribution in [0, 0.1) is 11.2 Å². The van der Waals surface area contributed by atoms with Gasteiger partial charge in [-0.15, -0.1) is 11.3 Å². The zero-order chi connectivity index (χ0) is 25.1. The van der Waals surface area contributed by atoms with Gasteiger partial charge in [-0.3, -0.25) is 19.9 Å². The third kappa shape index (κ3) is 5.59. The lowest BCUT2D eigenvalue weighted by atomic mass is 10.2. The molecule has 0 aliphatic carbocycles. The topological polar surface area (TPSA) is 157 Å². The summed E-state index contributed by atoms with van der Waals surface area (Å²) in [6.07, 6.45) is -1.10. The van der Waals surface area contributed by atoms with Crippen LogP contribution in [0.25, 0.3) is 0 Å². The summed E-state index contributed by atoms with van der Waals surface area (Å²) in [4.78, 5) is 45.0. The summed E-state index contributed by atoms with van der Waals surface area (Å²) in [5.41, 5.74) is 6.29. The minimum atomic E-state index is -0.594. The summed E-state index contributed by atoms with van der Waals surface area (Å²) in [5, 5.41) is 14.4. The molecule has 3 heterocycles. The Balaban J connectivity index is 1.35. The van der Waals surface area contributed by atoms with Crippen LogP contribution in [0.2, 0.25) is 0 Å². The number of ether oxygens (including phenoxy) is 1. The molecule has 4 rings (SSSR count). The number of guanidine groups is 1. The van der Waals surface area contributed by atoms with Crippen LogP contribution in [-0.4, -0.2) is 79.1 Å². The molecular formula is C21H25FN8O4S. The third-order valence-corrected chi connectivity index (χ3v) is 6.33. The number of thiazole rings is 1. The summed E-state index contributed by atoms with van der Waals surface area (Å²) < 4.78 is 20.2. The van der Waals surface area contributed by atoms with Gasteiger partial charge in [-0.2, -0.15) is 0 Å². The second-order valence-corrected chi connectivity index (χ2v) is 8.90. The van der Waals surface area contributed by atoms with Crippen molar-refractivity contribution in [1.29, 1.82) is 5.41 Å². The molecule has 0 radical (unpaired) electrons. The molecule has 14 heteroatoms. The van der Waals surface area contributed by atoms with E-state index < -0.39 is 18.0 Å². The van der Waals surface area contributed by atoms with E-state index in [0.717, 1.165) is 0 Å². The van der Waals surface area contributed by atoms with Gasteiger partial charge in [0.2, 0.25) is 5.91 Å². The highest BCUT2D eigenvalue weighted by atomic mass is 32.1. The normalized spacial score (nSPS) is 17.8. The van der Waals surface area contributed by atoms with Crippen molar-refractivity contribution in [3.63, 3.8) is 0 Å². The fraction of sp³-hybridized carbons (Fsp3) is 0.381. The van der Waals surface area contributed by atoms with Crippen molar-refractivity contribution in [2.75, 3.05) is 54.4 Å². The number of amides is 3. The van der Waals surface area contributed by atoms with Crippen molar-refractivity contribution >= 4 is 51.7 Å². The Morgan fingerprint density at radius 2 is 2.06 bits per heavy atom. The highest BCUT2D eigenvalue weighted by Crippen LogP contribution is 2.29. The van der Waals surface area contributed by atoms with Gasteiger partial charge in [-0.1, -0.05) is 0 Å². The van der Waals surface area contributed by atoms with Crippen LogP contribution in [0.4, 0.5) is 25.7 Å². The predicted molar refractivity (Wildman–Crippen MR) is 128 cm³/mol. The molecular weight excluding hydrogens is 479 g/mol. The Kier molecular flexibility index (Phi) is 7.00. The van der Waals surface area contributed by atoms with Gasteiger partial charge in [0.25, 0.3) is 5.91 Å². The van der Waals surface area contributed by atoms with Gasteiger partial charge < -0.3 is 30.9 Å². The molecule has 0 unspecified atom stereocenters. The van der Waals surface area contributed by atoms with E-state index in [1.165, 1.54) is 29.2 Å². The first kappa shape index (κ1) is 24.2. The number of carbonyl (C=O) groups excluding carboxylic acids is 3. The Morgan fingerprint density at radius 1 is 1.31 bits per heavy atom. The van der Waals surface area contributed by atoms with Gasteiger partial charge in [0.1, 0.15) is 17.6 Å². The zero-order valence-corrected chi connectivity index (χ0v) is 19.7. The summed E-state index contributed by atoms with van der Waals surface area (Å²) >= 11 is 1.18. The number of piperazine rings is 1. The Labute approximate surface area is 204 Å². The largest absolute Gasteiger partial charge is 0.442 e. The van der Waals surface area contributed by atoms with E-state index in [1.807, 2.05) is 4.90 Å². The lowest BCUT2D eigenvalue weighted by molar-refractivity contribution is -0.119. The first-order valence-electron chi connectivity index (χ1n) is 10.8. The fourth-order valence-corrected chi connectivity index (χ4v) is 4.57. The maximum absolute atomic E-state index is 15.0. The van der Waals surface area contributed by atoms with E-state index >= 15 is 0 Å². The number of nitrogens with one attached hydrogen (secondary N) is 3. The maximum Gasteiger partial charge on any atom is 0.414 e. The van der Waals surface area contributed by atoms with Gasteiger partial charge in [-0.25, -0.2) is 14.2 Å². The number of halogens is 1. The number of nitrogens with two attached hydrogens (primary N) is 1. The standard InChI is InChI=1S/C21H25FN8O4S/c1-12(31)25-9-14-10-30(21(33)34-14)13-2-3-17(15(22)8-13)28-4-6-29(7-5-28)18(32)16-11-35-20(26-16)27-19(23)24/h2-3,8,11,14H,4-7,9-10H2,1H3,(H,25,31)(H4,23,24,26,27)/t14-/m0/s1. The van der Waals surface area contributed by atoms with Crippen molar-refractivity contribution in [3.05, 3.63) is 35.1 Å². The molecule has 2 fully saturated rings. The minimum absolute atomic E-state index is 0.191. The third-order valence-electron chi connectivity index (χ3n) is 5.57. The molecule has 35 heavy (non-hydrogen) atoms. The number of hydrogen-bond acceptors (Lipinski definition) is 8. The molecule has 3 amide bonds. The summed E-state index contributed by atoms with van der Waals surface area (Å²) in [7, 11) is 0. The molecule has 12 nitrogen and oxygen atoms in total. The molecule has 2 aliphatic rings. The van der Waals surface area contributed by atoms with Gasteiger partial charge in [0.05, 0.1) is 24.5 Å². The number of hydrogen-bond donors (Lipinski definition) is 4. The van der Waals surface area contributed by atoms with Crippen LogP contribution in [-0.2, 0) is 9.53 Å². The van der Waals surface area contributed by atoms with Crippen molar-refractivity contribution in [1.82, 2.24) is 15.2 Å². The molecule has 1 aromatic heterocycles. The second kappa shape index (κ2) is 10.1. The van der Waals surface area contributed by atoms with E-state index in [1.54, 1.807) is 22.4 Å². The molecule has 0 bridgehead atoms. The zero-order valence-electron chi connectivity index (χ0n) is 18.9. The Bertz CT molecular complexity index is 1150. The lowest BCUT2D eigenvalue weighted by Gasteiger charge is -2.36. The van der Waals surface area contributed by atoms with E-state index in [-0.39, 0.29) is 36.6 Å². The summed E-state index contributed by atoms with van der Waals surface area (Å²) in [5.74, 6) is -1.21. The minimum Gasteiger partial charge on any atom is -0.442 e. The maximum atomic E-state index is 15.0. The number of nitrogens with zero attached hydrogens (tertiary/aromatic N) is 4. The molecule has 1 aromatic carbocycles. The monoisotopic (exact) mass is 504 g/mol. The highest BCUT2D eigenvalue weighted by Gasteiger charge is 2.33. The van der Waals surface area contributed by atoms with E-state index in [9.17, 15) is 18.8 Å².